The fraction of sp³-hybridized carbons (Fsp3) is 0.364. The van der Waals surface area contributed by atoms with Crippen molar-refractivity contribution in [3.8, 4) is 5.75 Å². The fourth-order valence-corrected chi connectivity index (χ4v) is 1.88. The fourth-order valence-electron chi connectivity index (χ4n) is 1.88. The van der Waals surface area contributed by atoms with E-state index in [9.17, 15) is 4.79 Å². The van der Waals surface area contributed by atoms with Crippen LogP contribution in [-0.4, -0.2) is 24.3 Å². The second-order valence-corrected chi connectivity index (χ2v) is 4.00. The SMILES string of the molecule is Nc1cc2oc(=O)[nH]c2cc1OC1CCOC1. The molecule has 6 nitrogen and oxygen atoms in total. The molecule has 6 heteroatoms. The highest BCUT2D eigenvalue weighted by Gasteiger charge is 2.19. The number of oxazole rings is 1. The highest BCUT2D eigenvalue weighted by atomic mass is 16.5. The number of hydrogen-bond acceptors (Lipinski definition) is 5. The van der Waals surface area contributed by atoms with Crippen LogP contribution in [0.5, 0.6) is 5.75 Å². The lowest BCUT2D eigenvalue weighted by Gasteiger charge is -2.13. The smallest absolute Gasteiger partial charge is 0.417 e. The van der Waals surface area contributed by atoms with Crippen LogP contribution in [0.15, 0.2) is 21.3 Å². The van der Waals surface area contributed by atoms with Crippen LogP contribution in [0.2, 0.25) is 0 Å². The molecular weight excluding hydrogens is 224 g/mol. The van der Waals surface area contributed by atoms with E-state index in [1.807, 2.05) is 0 Å². The molecule has 1 aliphatic heterocycles. The maximum absolute atomic E-state index is 11.0. The minimum Gasteiger partial charge on any atom is -0.486 e. The zero-order chi connectivity index (χ0) is 11.8. The highest BCUT2D eigenvalue weighted by Crippen LogP contribution is 2.28. The molecule has 2 aromatic rings. The van der Waals surface area contributed by atoms with Crippen LogP contribution < -0.4 is 16.2 Å². The van der Waals surface area contributed by atoms with Gasteiger partial charge in [0.25, 0.3) is 0 Å². The van der Waals surface area contributed by atoms with Gasteiger partial charge in [0.1, 0.15) is 11.9 Å². The Morgan fingerprint density at radius 3 is 3.12 bits per heavy atom. The molecule has 0 spiro atoms. The summed E-state index contributed by atoms with van der Waals surface area (Å²) < 4.78 is 15.8. The van der Waals surface area contributed by atoms with Crippen LogP contribution in [0.25, 0.3) is 11.1 Å². The number of anilines is 1. The highest BCUT2D eigenvalue weighted by molar-refractivity contribution is 5.80. The van der Waals surface area contributed by atoms with Crippen molar-refractivity contribution in [3.05, 3.63) is 22.7 Å². The number of rotatable bonds is 2. The van der Waals surface area contributed by atoms with Crippen LogP contribution in [0.4, 0.5) is 5.69 Å². The predicted octanol–water partition coefficient (Wildman–Crippen LogP) is 0.871. The Morgan fingerprint density at radius 1 is 1.47 bits per heavy atom. The minimum absolute atomic E-state index is 0.0216. The van der Waals surface area contributed by atoms with Gasteiger partial charge in [0.05, 0.1) is 24.4 Å². The van der Waals surface area contributed by atoms with Gasteiger partial charge in [-0.05, 0) is 0 Å². The first-order valence-electron chi connectivity index (χ1n) is 5.39. The average Bonchev–Trinajstić information content (AvgIpc) is 2.87. The van der Waals surface area contributed by atoms with Crippen LogP contribution in [0.1, 0.15) is 6.42 Å². The Labute approximate surface area is 96.3 Å². The second-order valence-electron chi connectivity index (χ2n) is 4.00. The number of aromatic nitrogens is 1. The molecule has 0 radical (unpaired) electrons. The van der Waals surface area contributed by atoms with Gasteiger partial charge in [0, 0.05) is 18.6 Å². The summed E-state index contributed by atoms with van der Waals surface area (Å²) in [5, 5.41) is 0. The Balaban J connectivity index is 1.97. The molecule has 0 saturated carbocycles. The molecular formula is C11H12N2O4. The van der Waals surface area contributed by atoms with Gasteiger partial charge in [-0.1, -0.05) is 0 Å². The normalized spacial score (nSPS) is 19.9. The van der Waals surface area contributed by atoms with Gasteiger partial charge in [-0.3, -0.25) is 4.98 Å². The van der Waals surface area contributed by atoms with E-state index >= 15 is 0 Å². The molecule has 2 heterocycles. The van der Waals surface area contributed by atoms with Crippen molar-refractivity contribution in [1.29, 1.82) is 0 Å². The zero-order valence-electron chi connectivity index (χ0n) is 9.06. The number of nitrogens with one attached hydrogen (secondary N) is 1. The minimum atomic E-state index is -0.499. The summed E-state index contributed by atoms with van der Waals surface area (Å²) in [6.07, 6.45) is 0.868. The first-order valence-corrected chi connectivity index (χ1v) is 5.39. The number of benzene rings is 1. The maximum atomic E-state index is 11.0. The summed E-state index contributed by atoms with van der Waals surface area (Å²) in [6.45, 7) is 1.27. The van der Waals surface area contributed by atoms with E-state index < -0.39 is 5.76 Å². The third-order valence-electron chi connectivity index (χ3n) is 2.73. The molecule has 17 heavy (non-hydrogen) atoms. The summed E-state index contributed by atoms with van der Waals surface area (Å²) in [5.41, 5.74) is 7.30. The van der Waals surface area contributed by atoms with Gasteiger partial charge in [-0.15, -0.1) is 0 Å². The molecule has 0 amide bonds. The largest absolute Gasteiger partial charge is 0.486 e. The molecule has 3 N–H and O–H groups in total. The van der Waals surface area contributed by atoms with Gasteiger partial charge in [-0.2, -0.15) is 0 Å². The third kappa shape index (κ3) is 1.87. The summed E-state index contributed by atoms with van der Waals surface area (Å²) in [4.78, 5) is 13.6. The van der Waals surface area contributed by atoms with Crippen LogP contribution in [-0.2, 0) is 4.74 Å². The standard InChI is InChI=1S/C11H12N2O4/c12-7-3-10-8(13-11(14)17-10)4-9(7)16-6-1-2-15-5-6/h3-4,6H,1-2,5,12H2,(H,13,14). The Kier molecular flexibility index (Phi) is 2.29. The van der Waals surface area contributed by atoms with Crippen molar-refractivity contribution < 1.29 is 13.9 Å². The van der Waals surface area contributed by atoms with Crippen LogP contribution >= 0.6 is 0 Å². The molecule has 0 bridgehead atoms. The Morgan fingerprint density at radius 2 is 2.35 bits per heavy atom. The second kappa shape index (κ2) is 3.81. The Hall–Kier alpha value is -1.95. The number of fused-ring (bicyclic) bond motifs is 1. The first-order chi connectivity index (χ1) is 8.22. The molecule has 1 unspecified atom stereocenters. The summed E-state index contributed by atoms with van der Waals surface area (Å²) >= 11 is 0. The van der Waals surface area contributed by atoms with E-state index in [0.717, 1.165) is 6.42 Å². The number of ether oxygens (including phenoxy) is 2. The predicted molar refractivity (Wildman–Crippen MR) is 61.1 cm³/mol. The monoisotopic (exact) mass is 236 g/mol. The summed E-state index contributed by atoms with van der Waals surface area (Å²) in [5.74, 6) is 0.0470. The molecule has 1 fully saturated rings. The van der Waals surface area contributed by atoms with E-state index in [1.54, 1.807) is 12.1 Å². The molecule has 1 saturated heterocycles. The number of nitrogens with two attached hydrogens (primary N) is 1. The van der Waals surface area contributed by atoms with Crippen molar-refractivity contribution in [2.45, 2.75) is 12.5 Å². The van der Waals surface area contributed by atoms with Crippen molar-refractivity contribution in [3.63, 3.8) is 0 Å². The van der Waals surface area contributed by atoms with Crippen molar-refractivity contribution >= 4 is 16.8 Å². The van der Waals surface area contributed by atoms with E-state index in [-0.39, 0.29) is 6.10 Å². The van der Waals surface area contributed by atoms with E-state index in [1.165, 1.54) is 0 Å². The molecule has 1 atom stereocenters. The zero-order valence-corrected chi connectivity index (χ0v) is 9.06. The number of nitrogen functional groups attached to an aromatic ring is 1. The molecule has 0 aliphatic carbocycles. The quantitative estimate of drug-likeness (QED) is 0.755. The van der Waals surface area contributed by atoms with Gasteiger partial charge in [0.2, 0.25) is 0 Å². The molecule has 1 aromatic carbocycles. The lowest BCUT2D eigenvalue weighted by molar-refractivity contribution is 0.142. The average molecular weight is 236 g/mol. The lowest BCUT2D eigenvalue weighted by Crippen LogP contribution is -2.16. The number of H-pyrrole nitrogens is 1. The van der Waals surface area contributed by atoms with E-state index in [0.29, 0.717) is 35.8 Å². The topological polar surface area (TPSA) is 90.5 Å². The molecule has 90 valence electrons. The number of hydrogen-bond donors (Lipinski definition) is 2. The third-order valence-corrected chi connectivity index (χ3v) is 2.73. The van der Waals surface area contributed by atoms with Gasteiger partial charge >= 0.3 is 5.76 Å². The lowest BCUT2D eigenvalue weighted by atomic mass is 10.2. The van der Waals surface area contributed by atoms with Crippen molar-refractivity contribution in [2.24, 2.45) is 0 Å². The summed E-state index contributed by atoms with van der Waals surface area (Å²) in [7, 11) is 0. The van der Waals surface area contributed by atoms with E-state index in [2.05, 4.69) is 4.98 Å². The van der Waals surface area contributed by atoms with Gasteiger partial charge < -0.3 is 19.6 Å². The van der Waals surface area contributed by atoms with Crippen LogP contribution in [0, 0.1) is 0 Å². The van der Waals surface area contributed by atoms with E-state index in [4.69, 9.17) is 19.6 Å². The van der Waals surface area contributed by atoms with Crippen molar-refractivity contribution in [1.82, 2.24) is 4.98 Å². The first kappa shape index (κ1) is 10.2. The van der Waals surface area contributed by atoms with Crippen LogP contribution in [0.3, 0.4) is 0 Å². The van der Waals surface area contributed by atoms with Gasteiger partial charge in [-0.25, -0.2) is 4.79 Å². The molecule has 3 rings (SSSR count). The van der Waals surface area contributed by atoms with Crippen molar-refractivity contribution in [2.75, 3.05) is 18.9 Å². The summed E-state index contributed by atoms with van der Waals surface area (Å²) in [6, 6.07) is 3.26. The maximum Gasteiger partial charge on any atom is 0.417 e. The Bertz CT molecular complexity index is 595. The number of aromatic amines is 1. The molecule has 1 aromatic heterocycles. The van der Waals surface area contributed by atoms with Gasteiger partial charge in [0.15, 0.2) is 5.58 Å². The molecule has 1 aliphatic rings.